The first-order valence-electron chi connectivity index (χ1n) is 11.8. The van der Waals surface area contributed by atoms with Crippen LogP contribution in [0.15, 0.2) is 28.5 Å². The molecule has 9 nitrogen and oxygen atoms in total. The Hall–Kier alpha value is -3.01. The number of nitrogen functional groups attached to an aromatic ring is 1. The minimum atomic E-state index is 0.168. The molecule has 1 saturated heterocycles. The van der Waals surface area contributed by atoms with E-state index in [2.05, 4.69) is 31.6 Å². The second kappa shape index (κ2) is 9.32. The Morgan fingerprint density at radius 2 is 2.06 bits per heavy atom. The third-order valence-electron chi connectivity index (χ3n) is 6.80. The van der Waals surface area contributed by atoms with Crippen LogP contribution < -0.4 is 15.4 Å². The predicted octanol–water partition coefficient (Wildman–Crippen LogP) is 3.21. The second-order valence-corrected chi connectivity index (χ2v) is 10.2. The van der Waals surface area contributed by atoms with Crippen LogP contribution in [0.4, 0.5) is 11.5 Å². The van der Waals surface area contributed by atoms with E-state index in [1.807, 2.05) is 19.0 Å². The number of hydrogen-bond acceptors (Lipinski definition) is 8. The number of anilines is 2. The summed E-state index contributed by atoms with van der Waals surface area (Å²) in [6.45, 7) is 4.85. The Kier molecular flexibility index (Phi) is 6.24. The molecule has 10 heteroatoms. The number of rotatable bonds is 6. The Morgan fingerprint density at radius 1 is 1.26 bits per heavy atom. The normalized spacial score (nSPS) is 16.0. The van der Waals surface area contributed by atoms with E-state index in [0.29, 0.717) is 17.3 Å². The Balaban J connectivity index is 1.44. The van der Waals surface area contributed by atoms with Crippen molar-refractivity contribution in [3.8, 4) is 5.75 Å². The average molecular weight is 482 g/mol. The van der Waals surface area contributed by atoms with Gasteiger partial charge in [0, 0.05) is 58.0 Å². The summed E-state index contributed by atoms with van der Waals surface area (Å²) >= 11 is 1.64. The lowest BCUT2D eigenvalue weighted by molar-refractivity contribution is -0.130. The van der Waals surface area contributed by atoms with Gasteiger partial charge in [-0.05, 0) is 48.6 Å². The van der Waals surface area contributed by atoms with Crippen LogP contribution in [0.3, 0.4) is 0 Å². The molecule has 0 unspecified atom stereocenters. The lowest BCUT2D eigenvalue weighted by Crippen LogP contribution is -2.37. The van der Waals surface area contributed by atoms with Gasteiger partial charge in [0.15, 0.2) is 22.1 Å². The molecule has 2 aliphatic rings. The molecule has 0 radical (unpaired) electrons. The molecule has 0 aliphatic carbocycles. The van der Waals surface area contributed by atoms with Crippen LogP contribution in [-0.2, 0) is 17.8 Å². The number of imidazole rings is 1. The highest BCUT2D eigenvalue weighted by Crippen LogP contribution is 2.41. The van der Waals surface area contributed by atoms with E-state index in [1.54, 1.807) is 18.7 Å². The molecule has 0 saturated carbocycles. The van der Waals surface area contributed by atoms with Crippen molar-refractivity contribution in [3.05, 3.63) is 24.0 Å². The zero-order valence-corrected chi connectivity index (χ0v) is 20.8. The van der Waals surface area contributed by atoms with E-state index in [-0.39, 0.29) is 5.91 Å². The third-order valence-corrected chi connectivity index (χ3v) is 7.84. The van der Waals surface area contributed by atoms with E-state index in [1.165, 1.54) is 11.9 Å². The number of aryl methyl sites for hydroxylation is 1. The van der Waals surface area contributed by atoms with Crippen LogP contribution in [0.25, 0.3) is 11.2 Å². The number of nitrogens with two attached hydrogens (primary N) is 1. The summed E-state index contributed by atoms with van der Waals surface area (Å²) in [4.78, 5) is 30.4. The predicted molar refractivity (Wildman–Crippen MR) is 133 cm³/mol. The fourth-order valence-electron chi connectivity index (χ4n) is 4.78. The number of hydrogen-bond donors (Lipinski definition) is 1. The van der Waals surface area contributed by atoms with Gasteiger partial charge < -0.3 is 24.8 Å². The zero-order chi connectivity index (χ0) is 23.8. The van der Waals surface area contributed by atoms with Crippen LogP contribution in [-0.4, -0.2) is 64.1 Å². The highest BCUT2D eigenvalue weighted by molar-refractivity contribution is 7.99. The summed E-state index contributed by atoms with van der Waals surface area (Å²) in [5.41, 5.74) is 9.91. The molecule has 5 rings (SSSR count). The van der Waals surface area contributed by atoms with E-state index >= 15 is 0 Å². The van der Waals surface area contributed by atoms with Crippen molar-refractivity contribution in [2.24, 2.45) is 5.92 Å². The largest absolute Gasteiger partial charge is 0.493 e. The average Bonchev–Trinajstić information content (AvgIpc) is 3.42. The van der Waals surface area contributed by atoms with Crippen molar-refractivity contribution in [3.63, 3.8) is 0 Å². The molecule has 1 aromatic carbocycles. The fraction of sp³-hybridized carbons (Fsp3) is 0.500. The maximum atomic E-state index is 11.7. The molecule has 0 atom stereocenters. The summed E-state index contributed by atoms with van der Waals surface area (Å²) < 4.78 is 7.97. The minimum Gasteiger partial charge on any atom is -0.493 e. The van der Waals surface area contributed by atoms with Gasteiger partial charge in [-0.15, -0.1) is 0 Å². The number of fused-ring (bicyclic) bond motifs is 2. The molecule has 2 aromatic heterocycles. The van der Waals surface area contributed by atoms with Crippen molar-refractivity contribution in [1.82, 2.24) is 24.4 Å². The van der Waals surface area contributed by atoms with Crippen molar-refractivity contribution >= 4 is 40.3 Å². The summed E-state index contributed by atoms with van der Waals surface area (Å²) in [7, 11) is 4.08. The first-order valence-corrected chi connectivity index (χ1v) is 12.6. The lowest BCUT2D eigenvalue weighted by Gasteiger charge is -2.31. The molecule has 1 amide bonds. The van der Waals surface area contributed by atoms with Gasteiger partial charge in [0.2, 0.25) is 5.91 Å². The van der Waals surface area contributed by atoms with Crippen molar-refractivity contribution in [2.45, 2.75) is 49.2 Å². The van der Waals surface area contributed by atoms with Crippen molar-refractivity contribution in [1.29, 1.82) is 0 Å². The summed E-state index contributed by atoms with van der Waals surface area (Å²) in [6.07, 6.45) is 5.49. The monoisotopic (exact) mass is 481 g/mol. The number of likely N-dealkylation sites (tertiary alicyclic amines) is 1. The fourth-order valence-corrected chi connectivity index (χ4v) is 5.95. The first kappa shape index (κ1) is 22.8. The van der Waals surface area contributed by atoms with Gasteiger partial charge in [-0.1, -0.05) is 0 Å². The number of nitrogens with zero attached hydrogens (tertiary/aromatic N) is 6. The van der Waals surface area contributed by atoms with Gasteiger partial charge in [-0.3, -0.25) is 4.79 Å². The standard InChI is InChI=1S/C24H31N7O2S/c1-15(32)30-8-4-16(5-9-30)6-10-31-23-21(22(25)26-14-27-23)28-24(31)34-20-12-17-7-11-33-19(17)13-18(20)29(2)3/h12-14,16H,4-11H2,1-3H3,(H2,25,26,27). The van der Waals surface area contributed by atoms with E-state index in [9.17, 15) is 4.79 Å². The van der Waals surface area contributed by atoms with Gasteiger partial charge in [0.25, 0.3) is 0 Å². The quantitative estimate of drug-likeness (QED) is 0.573. The van der Waals surface area contributed by atoms with Crippen LogP contribution in [0.2, 0.25) is 0 Å². The molecule has 180 valence electrons. The van der Waals surface area contributed by atoms with Gasteiger partial charge in [0.05, 0.1) is 12.3 Å². The molecule has 2 aliphatic heterocycles. The van der Waals surface area contributed by atoms with Crippen LogP contribution in [0.1, 0.15) is 31.7 Å². The van der Waals surface area contributed by atoms with Gasteiger partial charge >= 0.3 is 0 Å². The van der Waals surface area contributed by atoms with Crippen LogP contribution in [0, 0.1) is 5.92 Å². The maximum absolute atomic E-state index is 11.7. The highest BCUT2D eigenvalue weighted by atomic mass is 32.2. The third kappa shape index (κ3) is 4.38. The van der Waals surface area contributed by atoms with Crippen molar-refractivity contribution in [2.75, 3.05) is 44.4 Å². The van der Waals surface area contributed by atoms with Gasteiger partial charge in [0.1, 0.15) is 12.1 Å². The molecule has 34 heavy (non-hydrogen) atoms. The molecular formula is C24H31N7O2S. The zero-order valence-electron chi connectivity index (χ0n) is 20.0. The molecule has 2 N–H and O–H groups in total. The molecule has 0 spiro atoms. The molecule has 4 heterocycles. The van der Waals surface area contributed by atoms with Crippen LogP contribution >= 0.6 is 11.8 Å². The minimum absolute atomic E-state index is 0.168. The van der Waals surface area contributed by atoms with Crippen LogP contribution in [0.5, 0.6) is 5.75 Å². The number of aromatic nitrogens is 4. The molecule has 0 bridgehead atoms. The smallest absolute Gasteiger partial charge is 0.219 e. The summed E-state index contributed by atoms with van der Waals surface area (Å²) in [5.74, 6) is 2.10. The van der Waals surface area contributed by atoms with E-state index < -0.39 is 0 Å². The van der Waals surface area contributed by atoms with E-state index in [4.69, 9.17) is 15.5 Å². The summed E-state index contributed by atoms with van der Waals surface area (Å²) in [6, 6.07) is 4.34. The number of carbonyl (C=O) groups is 1. The summed E-state index contributed by atoms with van der Waals surface area (Å²) in [5, 5.41) is 0.866. The number of ether oxygens (including phenoxy) is 1. The molecule has 1 fully saturated rings. The number of carbonyl (C=O) groups excluding carboxylic acids is 1. The number of amides is 1. The second-order valence-electron chi connectivity index (χ2n) is 9.24. The SMILES string of the molecule is CC(=O)N1CCC(CCn2c(Sc3cc4c(cc3N(C)C)OCC4)nc3c(N)ncnc32)CC1. The molecule has 3 aromatic rings. The Bertz CT molecular complexity index is 1220. The number of benzene rings is 1. The number of piperidine rings is 1. The Morgan fingerprint density at radius 3 is 2.79 bits per heavy atom. The molecular weight excluding hydrogens is 450 g/mol. The van der Waals surface area contributed by atoms with Gasteiger partial charge in [-0.25, -0.2) is 15.0 Å². The maximum Gasteiger partial charge on any atom is 0.219 e. The van der Waals surface area contributed by atoms with E-state index in [0.717, 1.165) is 79.1 Å². The van der Waals surface area contributed by atoms with Gasteiger partial charge in [-0.2, -0.15) is 0 Å². The highest BCUT2D eigenvalue weighted by Gasteiger charge is 2.24. The first-order chi connectivity index (χ1) is 16.4. The topological polar surface area (TPSA) is 102 Å². The van der Waals surface area contributed by atoms with Crippen molar-refractivity contribution < 1.29 is 9.53 Å². The lowest BCUT2D eigenvalue weighted by atomic mass is 9.93. The Labute approximate surface area is 203 Å².